The van der Waals surface area contributed by atoms with Gasteiger partial charge in [0.15, 0.2) is 10.9 Å². The van der Waals surface area contributed by atoms with Crippen molar-refractivity contribution in [2.45, 2.75) is 55.4 Å². The van der Waals surface area contributed by atoms with Crippen LogP contribution in [-0.2, 0) is 35.5 Å². The molecule has 17 heteroatoms. The van der Waals surface area contributed by atoms with E-state index in [1.54, 1.807) is 11.7 Å². The second kappa shape index (κ2) is 15.2. The Morgan fingerprint density at radius 1 is 1.15 bits per heavy atom. The molecular weight excluding hydrogens is 578 g/mol. The van der Waals surface area contributed by atoms with Crippen LogP contribution in [0.3, 0.4) is 0 Å². The number of thioether (sulfide) groups is 1. The number of amides is 3. The Labute approximate surface area is 242 Å². The Bertz CT molecular complexity index is 1300. The van der Waals surface area contributed by atoms with Gasteiger partial charge in [0.2, 0.25) is 11.8 Å². The summed E-state index contributed by atoms with van der Waals surface area (Å²) in [6, 6.07) is 6.19. The Kier molecular flexibility index (Phi) is 11.7. The maximum Gasteiger partial charge on any atom is 0.335 e. The van der Waals surface area contributed by atoms with Crippen LogP contribution in [0.5, 0.6) is 0 Å². The number of hydrogen-bond donors (Lipinski definition) is 3. The van der Waals surface area contributed by atoms with Gasteiger partial charge in [0.25, 0.3) is 5.91 Å². The summed E-state index contributed by atoms with van der Waals surface area (Å²) in [4.78, 5) is 67.9. The van der Waals surface area contributed by atoms with Crippen LogP contribution in [0.2, 0.25) is 0 Å². The first-order valence-electron chi connectivity index (χ1n) is 12.6. The van der Waals surface area contributed by atoms with Gasteiger partial charge in [0.05, 0.1) is 29.9 Å². The van der Waals surface area contributed by atoms with E-state index in [2.05, 4.69) is 20.7 Å². The van der Waals surface area contributed by atoms with Gasteiger partial charge in [0, 0.05) is 13.0 Å². The summed E-state index contributed by atoms with van der Waals surface area (Å²) in [5.41, 5.74) is 0.744. The number of likely N-dealkylation sites (N-methyl/N-ethyl adjacent to an activating group) is 1. The van der Waals surface area contributed by atoms with Crippen molar-refractivity contribution in [2.24, 2.45) is 0 Å². The molecule has 2 saturated heterocycles. The van der Waals surface area contributed by atoms with Gasteiger partial charge in [-0.1, -0.05) is 30.0 Å². The molecule has 2 aliphatic heterocycles. The standard InChI is InChI=1S/C24H29N7O6S.O2S/c1-25-16-9-10-20(33)29-11-5-8-18(31(29)23(16)37)22(36)28-17(12-21(34)35)19(32)13-38-24-26-14-27-30(24)15-6-3-2-4-7-15;1-3-2/h2-4,6-7,14,16-18,25H,5,8-13H2,1H3,(H,28,36)(H,34,35);/t16-,17-,18-;/m0./s1. The van der Waals surface area contributed by atoms with Crippen LogP contribution in [-0.4, -0.2) is 105 Å². The van der Waals surface area contributed by atoms with Crippen molar-refractivity contribution in [3.63, 3.8) is 0 Å². The number of carboxylic acid groups (broad SMARTS) is 1. The van der Waals surface area contributed by atoms with Gasteiger partial charge in [-0.25, -0.2) is 14.7 Å². The smallest absolute Gasteiger partial charge is 0.335 e. The van der Waals surface area contributed by atoms with E-state index in [4.69, 9.17) is 8.42 Å². The van der Waals surface area contributed by atoms with Gasteiger partial charge in [-0.05, 0) is 38.4 Å². The van der Waals surface area contributed by atoms with Crippen molar-refractivity contribution in [3.8, 4) is 5.69 Å². The normalized spacial score (nSPS) is 19.2. The summed E-state index contributed by atoms with van der Waals surface area (Å²) in [7, 11) is 1.61. The fourth-order valence-electron chi connectivity index (χ4n) is 4.54. The van der Waals surface area contributed by atoms with Gasteiger partial charge in [0.1, 0.15) is 12.4 Å². The Hall–Kier alpha value is -3.96. The highest BCUT2D eigenvalue weighted by Crippen LogP contribution is 2.25. The van der Waals surface area contributed by atoms with Gasteiger partial charge < -0.3 is 15.7 Å². The molecule has 0 aliphatic carbocycles. The maximum absolute atomic E-state index is 13.3. The minimum absolute atomic E-state index is 0.160. The second-order valence-electron chi connectivity index (χ2n) is 9.01. The van der Waals surface area contributed by atoms with Crippen LogP contribution in [0.25, 0.3) is 5.69 Å². The molecular formula is C24H29N7O8S2. The van der Waals surface area contributed by atoms with Crippen LogP contribution < -0.4 is 10.6 Å². The van der Waals surface area contributed by atoms with Crippen LogP contribution in [0.1, 0.15) is 32.1 Å². The van der Waals surface area contributed by atoms with Crippen LogP contribution in [0, 0.1) is 0 Å². The molecule has 0 spiro atoms. The fraction of sp³-hybridized carbons (Fsp3) is 0.458. The summed E-state index contributed by atoms with van der Waals surface area (Å²) in [6.07, 6.45) is 1.95. The SMILES string of the molecule is CN[C@H]1CCC(=O)N2CCC[C@@H](C(=O)N[C@@H](CC(=O)O)C(=O)CSc3ncnn3-c3ccccc3)N2C1=O.O=S=O. The highest BCUT2D eigenvalue weighted by molar-refractivity contribution is 7.99. The number of aromatic nitrogens is 3. The zero-order chi connectivity index (χ0) is 29.9. The average molecular weight is 608 g/mol. The molecule has 3 heterocycles. The molecule has 4 rings (SSSR count). The van der Waals surface area contributed by atoms with Gasteiger partial charge >= 0.3 is 17.5 Å². The van der Waals surface area contributed by atoms with Crippen molar-refractivity contribution in [3.05, 3.63) is 36.7 Å². The van der Waals surface area contributed by atoms with Gasteiger partial charge in [-0.2, -0.15) is 13.5 Å². The first-order chi connectivity index (χ1) is 19.7. The number of carboxylic acids is 1. The lowest BCUT2D eigenvalue weighted by Gasteiger charge is -2.43. The minimum Gasteiger partial charge on any atom is -0.481 e. The number of nitrogens with one attached hydrogen (secondary N) is 2. The number of aliphatic carboxylic acids is 1. The van der Waals surface area contributed by atoms with Crippen molar-refractivity contribution < 1.29 is 37.5 Å². The van der Waals surface area contributed by atoms with E-state index in [9.17, 15) is 29.1 Å². The number of nitrogens with zero attached hydrogens (tertiary/aromatic N) is 5. The molecule has 3 amide bonds. The predicted octanol–water partition coefficient (Wildman–Crippen LogP) is -0.666. The van der Waals surface area contributed by atoms with Crippen molar-refractivity contribution in [1.29, 1.82) is 0 Å². The molecule has 0 radical (unpaired) electrons. The number of para-hydroxylation sites is 1. The molecule has 1 aromatic carbocycles. The average Bonchev–Trinajstić information content (AvgIpc) is 3.40. The summed E-state index contributed by atoms with van der Waals surface area (Å²) >= 11 is 0.320. The molecule has 2 aromatic rings. The number of ketones is 1. The van der Waals surface area contributed by atoms with Gasteiger partial charge in [-0.15, -0.1) is 0 Å². The molecule has 1 aromatic heterocycles. The third kappa shape index (κ3) is 8.05. The lowest BCUT2D eigenvalue weighted by molar-refractivity contribution is -0.176. The van der Waals surface area contributed by atoms with Crippen LogP contribution in [0.15, 0.2) is 41.8 Å². The summed E-state index contributed by atoms with van der Waals surface area (Å²) in [5, 5.41) is 21.9. The van der Waals surface area contributed by atoms with E-state index < -0.39 is 59.7 Å². The Morgan fingerprint density at radius 3 is 2.51 bits per heavy atom. The summed E-state index contributed by atoms with van der Waals surface area (Å²) < 4.78 is 18.1. The maximum atomic E-state index is 13.3. The molecule has 220 valence electrons. The van der Waals surface area contributed by atoms with Crippen molar-refractivity contribution in [2.75, 3.05) is 19.3 Å². The highest BCUT2D eigenvalue weighted by atomic mass is 32.2. The predicted molar refractivity (Wildman–Crippen MR) is 144 cm³/mol. The van der Waals surface area contributed by atoms with E-state index in [0.717, 1.165) is 17.4 Å². The Morgan fingerprint density at radius 2 is 1.85 bits per heavy atom. The number of hydrazine groups is 1. The number of rotatable bonds is 10. The number of benzene rings is 1. The van der Waals surface area contributed by atoms with Gasteiger partial charge in [-0.3, -0.25) is 29.0 Å². The number of hydrogen-bond acceptors (Lipinski definition) is 11. The molecule has 3 atom stereocenters. The molecule has 0 unspecified atom stereocenters. The number of carbonyl (C=O) groups excluding carboxylic acids is 4. The third-order valence-corrected chi connectivity index (χ3v) is 7.42. The summed E-state index contributed by atoms with van der Waals surface area (Å²) in [6.45, 7) is 0.307. The van der Waals surface area contributed by atoms with Crippen molar-refractivity contribution in [1.82, 2.24) is 35.4 Å². The molecule has 2 fully saturated rings. The first-order valence-corrected chi connectivity index (χ1v) is 14.2. The Balaban J connectivity index is 0.00000147. The monoisotopic (exact) mass is 607 g/mol. The zero-order valence-corrected chi connectivity index (χ0v) is 23.6. The molecule has 41 heavy (non-hydrogen) atoms. The molecule has 2 aliphatic rings. The summed E-state index contributed by atoms with van der Waals surface area (Å²) in [5.74, 6) is -3.29. The number of Topliss-reactive ketones (excluding diaryl/α,β-unsaturated/α-hetero) is 1. The second-order valence-corrected chi connectivity index (χ2v) is 10.1. The van der Waals surface area contributed by atoms with E-state index in [1.807, 2.05) is 30.3 Å². The largest absolute Gasteiger partial charge is 0.481 e. The van der Waals surface area contributed by atoms with E-state index in [0.29, 0.717) is 24.5 Å². The molecule has 0 bridgehead atoms. The van der Waals surface area contributed by atoms with E-state index in [-0.39, 0.29) is 24.5 Å². The molecule has 0 saturated carbocycles. The van der Waals surface area contributed by atoms with Crippen molar-refractivity contribution >= 4 is 52.8 Å². The van der Waals surface area contributed by atoms with Crippen LogP contribution >= 0.6 is 11.8 Å². The molecule has 15 nitrogen and oxygen atoms in total. The minimum atomic E-state index is -1.33. The molecule has 3 N–H and O–H groups in total. The third-order valence-electron chi connectivity index (χ3n) is 6.46. The fourth-order valence-corrected chi connectivity index (χ4v) is 5.41. The highest BCUT2D eigenvalue weighted by Gasteiger charge is 2.44. The zero-order valence-electron chi connectivity index (χ0n) is 22.0. The topological polar surface area (TPSA) is 201 Å². The number of carbonyl (C=O) groups is 5. The van der Waals surface area contributed by atoms with E-state index in [1.165, 1.54) is 16.3 Å². The lowest BCUT2D eigenvalue weighted by atomic mass is 10.0. The quantitative estimate of drug-likeness (QED) is 0.288. The first kappa shape index (κ1) is 31.6. The lowest BCUT2D eigenvalue weighted by Crippen LogP contribution is -2.64. The van der Waals surface area contributed by atoms with E-state index >= 15 is 0 Å². The number of fused-ring (bicyclic) bond motifs is 1. The van der Waals surface area contributed by atoms with Crippen LogP contribution in [0.4, 0.5) is 0 Å².